The Hall–Kier alpha value is -1.95. The van der Waals surface area contributed by atoms with Gasteiger partial charge in [0.1, 0.15) is 18.0 Å². The Bertz CT molecular complexity index is 527. The maximum atomic E-state index is 11.7. The molecule has 1 N–H and O–H groups in total. The van der Waals surface area contributed by atoms with Crippen molar-refractivity contribution in [3.05, 3.63) is 29.3 Å². The standard InChI is InChI=1S/C15H20ClNO5/c1-15(2,3)22-14(19)17-11(13(18)20-4)9-21-12-8-6-5-7-10(12)16/h5-8,11H,9H2,1-4H3,(H,17,19)/t11-/m1/s1. The summed E-state index contributed by atoms with van der Waals surface area (Å²) in [5.74, 6) is -0.234. The third kappa shape index (κ3) is 6.22. The second-order valence-corrected chi connectivity index (χ2v) is 5.87. The van der Waals surface area contributed by atoms with Gasteiger partial charge in [0.15, 0.2) is 6.04 Å². The minimum Gasteiger partial charge on any atom is -0.489 e. The van der Waals surface area contributed by atoms with Crippen molar-refractivity contribution in [2.24, 2.45) is 0 Å². The number of alkyl carbamates (subject to hydrolysis) is 1. The van der Waals surface area contributed by atoms with E-state index in [1.165, 1.54) is 7.11 Å². The molecule has 0 fully saturated rings. The molecule has 1 amide bonds. The number of amides is 1. The summed E-state index contributed by atoms with van der Waals surface area (Å²) < 4.78 is 15.2. The van der Waals surface area contributed by atoms with Crippen LogP contribution < -0.4 is 10.1 Å². The number of carbonyl (C=O) groups is 2. The van der Waals surface area contributed by atoms with E-state index in [1.807, 2.05) is 0 Å². The maximum Gasteiger partial charge on any atom is 0.408 e. The van der Waals surface area contributed by atoms with E-state index >= 15 is 0 Å². The highest BCUT2D eigenvalue weighted by Gasteiger charge is 2.25. The van der Waals surface area contributed by atoms with Crippen LogP contribution in [0.5, 0.6) is 5.75 Å². The third-order valence-electron chi connectivity index (χ3n) is 2.42. The lowest BCUT2D eigenvalue weighted by Crippen LogP contribution is -2.47. The average Bonchev–Trinajstić information content (AvgIpc) is 2.42. The SMILES string of the molecule is COC(=O)[C@@H](COc1ccccc1Cl)NC(=O)OC(C)(C)C. The van der Waals surface area contributed by atoms with E-state index in [-0.39, 0.29) is 6.61 Å². The lowest BCUT2D eigenvalue weighted by molar-refractivity contribution is -0.143. The van der Waals surface area contributed by atoms with Gasteiger partial charge < -0.3 is 19.5 Å². The molecule has 1 rings (SSSR count). The van der Waals surface area contributed by atoms with E-state index in [0.29, 0.717) is 10.8 Å². The first kappa shape index (κ1) is 18.1. The van der Waals surface area contributed by atoms with Gasteiger partial charge in [0, 0.05) is 0 Å². The molecule has 0 spiro atoms. The molecule has 0 aliphatic rings. The molecule has 1 aromatic rings. The molecule has 0 aromatic heterocycles. The molecule has 122 valence electrons. The minimum absolute atomic E-state index is 0.129. The Labute approximate surface area is 134 Å². The second kappa shape index (κ2) is 7.89. The number of nitrogens with one attached hydrogen (secondary N) is 1. The van der Waals surface area contributed by atoms with Crippen LogP contribution in [0.25, 0.3) is 0 Å². The van der Waals surface area contributed by atoms with Gasteiger partial charge in [-0.3, -0.25) is 0 Å². The number of hydrogen-bond acceptors (Lipinski definition) is 5. The molecule has 7 heteroatoms. The summed E-state index contributed by atoms with van der Waals surface area (Å²) in [4.78, 5) is 23.5. The summed E-state index contributed by atoms with van der Waals surface area (Å²) in [6.45, 7) is 5.04. The molecule has 0 aliphatic carbocycles. The van der Waals surface area contributed by atoms with Crippen LogP contribution in [0.15, 0.2) is 24.3 Å². The van der Waals surface area contributed by atoms with Gasteiger partial charge in [-0.05, 0) is 32.9 Å². The van der Waals surface area contributed by atoms with Crippen LogP contribution in [0.4, 0.5) is 4.79 Å². The zero-order valence-corrected chi connectivity index (χ0v) is 13.8. The van der Waals surface area contributed by atoms with Gasteiger partial charge in [0.25, 0.3) is 0 Å². The summed E-state index contributed by atoms with van der Waals surface area (Å²) in [5.41, 5.74) is -0.672. The molecular weight excluding hydrogens is 310 g/mol. The van der Waals surface area contributed by atoms with E-state index in [1.54, 1.807) is 45.0 Å². The van der Waals surface area contributed by atoms with Gasteiger partial charge in [-0.15, -0.1) is 0 Å². The molecular formula is C15H20ClNO5. The first-order valence-corrected chi connectivity index (χ1v) is 7.05. The van der Waals surface area contributed by atoms with Gasteiger partial charge in [-0.2, -0.15) is 0 Å². The van der Waals surface area contributed by atoms with Crippen LogP contribution in [0.1, 0.15) is 20.8 Å². The molecule has 0 saturated heterocycles. The summed E-state index contributed by atoms with van der Waals surface area (Å²) in [6.07, 6.45) is -0.731. The topological polar surface area (TPSA) is 73.9 Å². The van der Waals surface area contributed by atoms with Crippen molar-refractivity contribution in [3.63, 3.8) is 0 Å². The van der Waals surface area contributed by atoms with Gasteiger partial charge >= 0.3 is 12.1 Å². The summed E-state index contributed by atoms with van der Waals surface area (Å²) in [5, 5.41) is 2.82. The first-order chi connectivity index (χ1) is 10.2. The normalized spacial score (nSPS) is 12.2. The third-order valence-corrected chi connectivity index (χ3v) is 2.73. The lowest BCUT2D eigenvalue weighted by Gasteiger charge is -2.22. The Balaban J connectivity index is 2.67. The first-order valence-electron chi connectivity index (χ1n) is 6.67. The van der Waals surface area contributed by atoms with E-state index in [4.69, 9.17) is 21.1 Å². The summed E-state index contributed by atoms with van der Waals surface area (Å²) >= 11 is 5.96. The number of carbonyl (C=O) groups excluding carboxylic acids is 2. The van der Waals surface area contributed by atoms with Crippen molar-refractivity contribution >= 4 is 23.7 Å². The van der Waals surface area contributed by atoms with Crippen LogP contribution in [0, 0.1) is 0 Å². The van der Waals surface area contributed by atoms with Crippen LogP contribution in [0.2, 0.25) is 5.02 Å². The highest BCUT2D eigenvalue weighted by Crippen LogP contribution is 2.23. The fourth-order valence-corrected chi connectivity index (χ4v) is 1.69. The largest absolute Gasteiger partial charge is 0.489 e. The van der Waals surface area contributed by atoms with Crippen molar-refractivity contribution in [2.75, 3.05) is 13.7 Å². The molecule has 6 nitrogen and oxygen atoms in total. The van der Waals surface area contributed by atoms with Crippen LogP contribution in [-0.4, -0.2) is 37.4 Å². The zero-order valence-electron chi connectivity index (χ0n) is 13.0. The highest BCUT2D eigenvalue weighted by molar-refractivity contribution is 6.32. The molecule has 1 aromatic carbocycles. The number of halogens is 1. The van der Waals surface area contributed by atoms with Crippen LogP contribution in [0.3, 0.4) is 0 Å². The maximum absolute atomic E-state index is 11.7. The predicted octanol–water partition coefficient (Wildman–Crippen LogP) is 2.79. The molecule has 0 radical (unpaired) electrons. The number of methoxy groups -OCH3 is 1. The van der Waals surface area contributed by atoms with Crippen molar-refractivity contribution in [1.29, 1.82) is 0 Å². The monoisotopic (exact) mass is 329 g/mol. The molecule has 0 unspecified atom stereocenters. The van der Waals surface area contributed by atoms with Gasteiger partial charge in [-0.1, -0.05) is 23.7 Å². The Morgan fingerprint density at radius 2 is 1.91 bits per heavy atom. The zero-order chi connectivity index (χ0) is 16.8. The van der Waals surface area contributed by atoms with E-state index in [2.05, 4.69) is 10.1 Å². The van der Waals surface area contributed by atoms with E-state index < -0.39 is 23.7 Å². The molecule has 0 aliphatic heterocycles. The average molecular weight is 330 g/mol. The van der Waals surface area contributed by atoms with E-state index in [0.717, 1.165) is 0 Å². The number of hydrogen-bond donors (Lipinski definition) is 1. The summed E-state index contributed by atoms with van der Waals surface area (Å²) in [6, 6.07) is 5.81. The smallest absolute Gasteiger partial charge is 0.408 e. The fraction of sp³-hybridized carbons (Fsp3) is 0.467. The molecule has 0 bridgehead atoms. The number of rotatable bonds is 5. The number of para-hydroxylation sites is 1. The number of benzene rings is 1. The number of ether oxygens (including phenoxy) is 3. The minimum atomic E-state index is -1.00. The van der Waals surface area contributed by atoms with Gasteiger partial charge in [0.05, 0.1) is 12.1 Å². The Morgan fingerprint density at radius 1 is 1.27 bits per heavy atom. The molecule has 0 saturated carbocycles. The van der Waals surface area contributed by atoms with Crippen LogP contribution in [-0.2, 0) is 14.3 Å². The van der Waals surface area contributed by atoms with Crippen molar-refractivity contribution in [3.8, 4) is 5.75 Å². The second-order valence-electron chi connectivity index (χ2n) is 5.46. The summed E-state index contributed by atoms with van der Waals surface area (Å²) in [7, 11) is 1.22. The van der Waals surface area contributed by atoms with Crippen molar-refractivity contribution in [1.82, 2.24) is 5.32 Å². The van der Waals surface area contributed by atoms with Crippen LogP contribution >= 0.6 is 11.6 Å². The number of esters is 1. The van der Waals surface area contributed by atoms with Crippen molar-refractivity contribution < 1.29 is 23.8 Å². The van der Waals surface area contributed by atoms with Crippen molar-refractivity contribution in [2.45, 2.75) is 32.4 Å². The fourth-order valence-electron chi connectivity index (χ4n) is 1.50. The molecule has 0 heterocycles. The Kier molecular flexibility index (Phi) is 6.49. The lowest BCUT2D eigenvalue weighted by atomic mass is 10.2. The predicted molar refractivity (Wildman–Crippen MR) is 82.1 cm³/mol. The van der Waals surface area contributed by atoms with E-state index in [9.17, 15) is 9.59 Å². The Morgan fingerprint density at radius 3 is 2.45 bits per heavy atom. The highest BCUT2D eigenvalue weighted by atomic mass is 35.5. The molecule has 22 heavy (non-hydrogen) atoms. The van der Waals surface area contributed by atoms with Gasteiger partial charge in [0.2, 0.25) is 0 Å². The molecule has 1 atom stereocenters. The quantitative estimate of drug-likeness (QED) is 0.841. The van der Waals surface area contributed by atoms with Gasteiger partial charge in [-0.25, -0.2) is 9.59 Å².